The quantitative estimate of drug-likeness (QED) is 0.622. The van der Waals surface area contributed by atoms with Crippen molar-refractivity contribution in [2.75, 3.05) is 26.3 Å². The number of aryl methyl sites for hydroxylation is 1. The van der Waals surface area contributed by atoms with Crippen LogP contribution in [0.2, 0.25) is 0 Å². The number of sulfonamides is 1. The molecule has 1 aromatic heterocycles. The third kappa shape index (κ3) is 4.48. The number of nitrogens with one attached hydrogen (secondary N) is 1. The molecule has 1 amide bonds. The van der Waals surface area contributed by atoms with E-state index in [1.807, 2.05) is 50.2 Å². The zero-order chi connectivity index (χ0) is 22.7. The van der Waals surface area contributed by atoms with E-state index in [1.54, 1.807) is 24.3 Å². The van der Waals surface area contributed by atoms with Crippen LogP contribution in [0.25, 0.3) is 5.69 Å². The second-order valence-corrected chi connectivity index (χ2v) is 9.74. The van der Waals surface area contributed by atoms with Crippen molar-refractivity contribution >= 4 is 15.9 Å². The molecule has 1 N–H and O–H groups in total. The molecule has 8 heteroatoms. The first-order valence-electron chi connectivity index (χ1n) is 10.6. The first kappa shape index (κ1) is 22.3. The lowest BCUT2D eigenvalue weighted by atomic mass is 10.2. The highest BCUT2D eigenvalue weighted by Crippen LogP contribution is 2.21. The summed E-state index contributed by atoms with van der Waals surface area (Å²) >= 11 is 0. The van der Waals surface area contributed by atoms with Gasteiger partial charge in [0, 0.05) is 36.7 Å². The maximum atomic E-state index is 12.8. The van der Waals surface area contributed by atoms with E-state index in [4.69, 9.17) is 4.74 Å². The summed E-state index contributed by atoms with van der Waals surface area (Å²) < 4.78 is 34.2. The molecule has 0 atom stereocenters. The minimum absolute atomic E-state index is 0.162. The maximum Gasteiger partial charge on any atom is 0.253 e. The van der Waals surface area contributed by atoms with Crippen molar-refractivity contribution in [3.8, 4) is 5.69 Å². The van der Waals surface area contributed by atoms with Crippen LogP contribution in [0.1, 0.15) is 27.3 Å². The maximum absolute atomic E-state index is 12.8. The largest absolute Gasteiger partial charge is 0.379 e. The van der Waals surface area contributed by atoms with Crippen molar-refractivity contribution in [3.05, 3.63) is 83.2 Å². The average molecular weight is 454 g/mol. The first-order valence-corrected chi connectivity index (χ1v) is 12.0. The smallest absolute Gasteiger partial charge is 0.253 e. The van der Waals surface area contributed by atoms with Crippen LogP contribution in [0.15, 0.2) is 65.6 Å². The van der Waals surface area contributed by atoms with Crippen LogP contribution < -0.4 is 5.32 Å². The van der Waals surface area contributed by atoms with Gasteiger partial charge in [0.05, 0.1) is 23.7 Å². The van der Waals surface area contributed by atoms with Gasteiger partial charge in [-0.25, -0.2) is 8.42 Å². The molecule has 2 aromatic carbocycles. The topological polar surface area (TPSA) is 80.6 Å². The number of rotatable bonds is 6. The summed E-state index contributed by atoms with van der Waals surface area (Å²) in [6.45, 7) is 5.77. The van der Waals surface area contributed by atoms with Gasteiger partial charge in [0.25, 0.3) is 5.91 Å². The molecule has 168 valence electrons. The third-order valence-corrected chi connectivity index (χ3v) is 7.59. The number of carbonyl (C=O) groups is 1. The molecule has 4 rings (SSSR count). The zero-order valence-corrected chi connectivity index (χ0v) is 19.1. The lowest BCUT2D eigenvalue weighted by molar-refractivity contribution is 0.0730. The fraction of sp³-hybridized carbons (Fsp3) is 0.292. The summed E-state index contributed by atoms with van der Waals surface area (Å²) in [4.78, 5) is 13.1. The van der Waals surface area contributed by atoms with E-state index in [0.29, 0.717) is 38.4 Å². The summed E-state index contributed by atoms with van der Waals surface area (Å²) in [5, 5.41) is 2.94. The zero-order valence-electron chi connectivity index (χ0n) is 18.2. The van der Waals surface area contributed by atoms with Gasteiger partial charge < -0.3 is 14.6 Å². The number of carbonyl (C=O) groups excluding carboxylic acids is 1. The number of ether oxygens (including phenoxy) is 1. The van der Waals surface area contributed by atoms with Crippen LogP contribution in [0, 0.1) is 13.8 Å². The number of hydrogen-bond donors (Lipinski definition) is 1. The van der Waals surface area contributed by atoms with E-state index in [9.17, 15) is 13.2 Å². The van der Waals surface area contributed by atoms with Gasteiger partial charge in [-0.3, -0.25) is 4.79 Å². The number of aromatic nitrogens is 1. The van der Waals surface area contributed by atoms with Gasteiger partial charge >= 0.3 is 0 Å². The lowest BCUT2D eigenvalue weighted by Crippen LogP contribution is -2.40. The fourth-order valence-corrected chi connectivity index (χ4v) is 5.37. The summed E-state index contributed by atoms with van der Waals surface area (Å²) in [7, 11) is -3.52. The minimum atomic E-state index is -3.52. The number of benzene rings is 2. The Morgan fingerprint density at radius 1 is 1.00 bits per heavy atom. The molecule has 0 radical (unpaired) electrons. The predicted molar refractivity (Wildman–Crippen MR) is 122 cm³/mol. The van der Waals surface area contributed by atoms with Gasteiger partial charge in [0.2, 0.25) is 10.0 Å². The van der Waals surface area contributed by atoms with Gasteiger partial charge in [0.15, 0.2) is 0 Å². The van der Waals surface area contributed by atoms with Crippen LogP contribution in [0.5, 0.6) is 0 Å². The highest BCUT2D eigenvalue weighted by atomic mass is 32.2. The molecule has 0 spiro atoms. The number of amides is 1. The Bertz CT molecular complexity index is 1200. The van der Waals surface area contributed by atoms with Crippen molar-refractivity contribution < 1.29 is 17.9 Å². The van der Waals surface area contributed by atoms with Gasteiger partial charge in [-0.2, -0.15) is 4.31 Å². The highest BCUT2D eigenvalue weighted by molar-refractivity contribution is 7.89. The Balaban J connectivity index is 1.44. The monoisotopic (exact) mass is 453 g/mol. The SMILES string of the molecule is Cc1cc(C(=O)NCc2ccc(S(=O)(=O)N3CCOCC3)cc2)c(C)n1-c1ccccc1. The Morgan fingerprint density at radius 3 is 2.31 bits per heavy atom. The summed E-state index contributed by atoms with van der Waals surface area (Å²) in [5.74, 6) is -0.162. The molecule has 3 aromatic rings. The van der Waals surface area contributed by atoms with E-state index in [1.165, 1.54) is 4.31 Å². The Labute approximate surface area is 188 Å². The summed E-state index contributed by atoms with van der Waals surface area (Å²) in [6.07, 6.45) is 0. The van der Waals surface area contributed by atoms with Gasteiger partial charge in [-0.1, -0.05) is 30.3 Å². The average Bonchev–Trinajstić information content (AvgIpc) is 3.12. The van der Waals surface area contributed by atoms with Gasteiger partial charge in [-0.15, -0.1) is 0 Å². The molecule has 1 saturated heterocycles. The van der Waals surface area contributed by atoms with E-state index < -0.39 is 10.0 Å². The molecule has 7 nitrogen and oxygen atoms in total. The van der Waals surface area contributed by atoms with Crippen LogP contribution in [-0.2, 0) is 21.3 Å². The molecule has 2 heterocycles. The second kappa shape index (κ2) is 9.28. The van der Waals surface area contributed by atoms with Gasteiger partial charge in [0.1, 0.15) is 0 Å². The number of hydrogen-bond acceptors (Lipinski definition) is 4. The molecule has 0 aliphatic carbocycles. The first-order chi connectivity index (χ1) is 15.4. The van der Waals surface area contributed by atoms with Crippen molar-refractivity contribution in [2.24, 2.45) is 0 Å². The highest BCUT2D eigenvalue weighted by Gasteiger charge is 2.26. The molecule has 0 saturated carbocycles. The molecule has 1 aliphatic rings. The van der Waals surface area contributed by atoms with Crippen molar-refractivity contribution in [1.29, 1.82) is 0 Å². The van der Waals surface area contributed by atoms with Crippen molar-refractivity contribution in [2.45, 2.75) is 25.3 Å². The van der Waals surface area contributed by atoms with Crippen molar-refractivity contribution in [3.63, 3.8) is 0 Å². The molecule has 0 bridgehead atoms. The molecule has 32 heavy (non-hydrogen) atoms. The molecular weight excluding hydrogens is 426 g/mol. The molecule has 1 aliphatic heterocycles. The van der Waals surface area contributed by atoms with Gasteiger partial charge in [-0.05, 0) is 49.7 Å². The Hall–Kier alpha value is -2.94. The van der Waals surface area contributed by atoms with E-state index >= 15 is 0 Å². The van der Waals surface area contributed by atoms with Crippen LogP contribution in [0.4, 0.5) is 0 Å². The fourth-order valence-electron chi connectivity index (χ4n) is 3.96. The summed E-state index contributed by atoms with van der Waals surface area (Å²) in [5.41, 5.74) is 4.32. The Kier molecular flexibility index (Phi) is 6.45. The van der Waals surface area contributed by atoms with E-state index in [2.05, 4.69) is 9.88 Å². The van der Waals surface area contributed by atoms with E-state index in [-0.39, 0.29) is 10.8 Å². The van der Waals surface area contributed by atoms with Crippen LogP contribution >= 0.6 is 0 Å². The van der Waals surface area contributed by atoms with Crippen LogP contribution in [0.3, 0.4) is 0 Å². The number of morpholine rings is 1. The lowest BCUT2D eigenvalue weighted by Gasteiger charge is -2.26. The van der Waals surface area contributed by atoms with Crippen LogP contribution in [-0.4, -0.2) is 49.5 Å². The third-order valence-electron chi connectivity index (χ3n) is 5.67. The molecular formula is C24H27N3O4S. The normalized spacial score (nSPS) is 14.9. The molecule has 1 fully saturated rings. The predicted octanol–water partition coefficient (Wildman–Crippen LogP) is 3.05. The Morgan fingerprint density at radius 2 is 1.66 bits per heavy atom. The summed E-state index contributed by atoms with van der Waals surface area (Å²) in [6, 6.07) is 18.5. The van der Waals surface area contributed by atoms with Crippen molar-refractivity contribution in [1.82, 2.24) is 14.2 Å². The minimum Gasteiger partial charge on any atom is -0.379 e. The molecule has 0 unspecified atom stereocenters. The second-order valence-electron chi connectivity index (χ2n) is 7.80. The standard InChI is InChI=1S/C24H27N3O4S/c1-18-16-23(19(2)27(18)21-6-4-3-5-7-21)24(28)25-17-20-8-10-22(11-9-20)32(29,30)26-12-14-31-15-13-26/h3-11,16H,12-15,17H2,1-2H3,(H,25,28). The number of para-hydroxylation sites is 1. The van der Waals surface area contributed by atoms with E-state index in [0.717, 1.165) is 22.6 Å². The number of nitrogens with zero attached hydrogens (tertiary/aromatic N) is 2.